The average molecular weight is 371 g/mol. The van der Waals surface area contributed by atoms with E-state index in [9.17, 15) is 4.39 Å². The molecule has 2 aromatic heterocycles. The highest BCUT2D eigenvalue weighted by atomic mass is 35.5. The van der Waals surface area contributed by atoms with E-state index in [0.29, 0.717) is 0 Å². The molecule has 0 atom stereocenters. The molecule has 0 N–H and O–H groups in total. The van der Waals surface area contributed by atoms with Gasteiger partial charge in [-0.25, -0.2) is 13.7 Å². The molecule has 0 aromatic carbocycles. The van der Waals surface area contributed by atoms with Crippen LogP contribution in [0.3, 0.4) is 0 Å². The number of pyridine rings is 1. The van der Waals surface area contributed by atoms with E-state index in [-0.39, 0.29) is 17.0 Å². The summed E-state index contributed by atoms with van der Waals surface area (Å²) >= 11 is 7.45. The Labute approximate surface area is 150 Å². The van der Waals surface area contributed by atoms with Gasteiger partial charge in [-0.1, -0.05) is 11.6 Å². The maximum Gasteiger partial charge on any atom is 0.250 e. The molecule has 1 fully saturated rings. The molecule has 0 unspecified atom stereocenters. The zero-order chi connectivity index (χ0) is 17.3. The van der Waals surface area contributed by atoms with Crippen molar-refractivity contribution in [2.45, 2.75) is 37.7 Å². The van der Waals surface area contributed by atoms with E-state index < -0.39 is 5.82 Å². The summed E-state index contributed by atoms with van der Waals surface area (Å²) in [6.07, 6.45) is 3.03. The van der Waals surface area contributed by atoms with Crippen LogP contribution < -0.4 is 4.74 Å². The van der Waals surface area contributed by atoms with Crippen LogP contribution in [-0.2, 0) is 7.05 Å². The molecule has 1 aliphatic rings. The number of ether oxygens (including phenoxy) is 1. The lowest BCUT2D eigenvalue weighted by Gasteiger charge is -2.30. The summed E-state index contributed by atoms with van der Waals surface area (Å²) in [4.78, 5) is 5.14. The van der Waals surface area contributed by atoms with Gasteiger partial charge in [-0.15, -0.1) is 0 Å². The SMILES string of the molecule is Cc1nn(C)c(C)c1SN1CCC(Oc2ncc(Cl)cc2F)CC1. The first-order valence-electron chi connectivity index (χ1n) is 7.85. The molecule has 5 nitrogen and oxygen atoms in total. The van der Waals surface area contributed by atoms with Gasteiger partial charge in [0.2, 0.25) is 0 Å². The zero-order valence-corrected chi connectivity index (χ0v) is 15.5. The van der Waals surface area contributed by atoms with Crippen LogP contribution in [0.5, 0.6) is 5.88 Å². The largest absolute Gasteiger partial charge is 0.472 e. The molecule has 0 amide bonds. The maximum atomic E-state index is 13.8. The van der Waals surface area contributed by atoms with Crippen LogP contribution >= 0.6 is 23.5 Å². The Balaban J connectivity index is 1.56. The molecule has 3 heterocycles. The van der Waals surface area contributed by atoms with Crippen LogP contribution in [0.1, 0.15) is 24.2 Å². The Morgan fingerprint density at radius 3 is 2.62 bits per heavy atom. The second-order valence-corrected chi connectivity index (χ2v) is 7.45. The number of rotatable bonds is 4. The smallest absolute Gasteiger partial charge is 0.250 e. The van der Waals surface area contributed by atoms with Gasteiger partial charge in [-0.3, -0.25) is 4.68 Å². The van der Waals surface area contributed by atoms with E-state index >= 15 is 0 Å². The molecule has 0 bridgehead atoms. The van der Waals surface area contributed by atoms with Gasteiger partial charge >= 0.3 is 0 Å². The molecule has 0 radical (unpaired) electrons. The number of halogens is 2. The topological polar surface area (TPSA) is 43.2 Å². The fraction of sp³-hybridized carbons (Fsp3) is 0.500. The lowest BCUT2D eigenvalue weighted by atomic mass is 10.1. The van der Waals surface area contributed by atoms with E-state index in [4.69, 9.17) is 16.3 Å². The summed E-state index contributed by atoms with van der Waals surface area (Å²) in [7, 11) is 1.96. The molecule has 0 aliphatic carbocycles. The van der Waals surface area contributed by atoms with Crippen LogP contribution in [0, 0.1) is 19.7 Å². The normalized spacial score (nSPS) is 16.5. The molecule has 2 aromatic rings. The van der Waals surface area contributed by atoms with Crippen molar-refractivity contribution in [2.24, 2.45) is 7.05 Å². The van der Waals surface area contributed by atoms with Crippen molar-refractivity contribution in [3.05, 3.63) is 34.5 Å². The summed E-state index contributed by atoms with van der Waals surface area (Å²) in [6, 6.07) is 1.23. The molecule has 8 heteroatoms. The number of aryl methyl sites for hydroxylation is 2. The van der Waals surface area contributed by atoms with E-state index in [1.807, 2.05) is 18.7 Å². The van der Waals surface area contributed by atoms with Gasteiger partial charge in [0.05, 0.1) is 21.3 Å². The third-order valence-corrected chi connectivity index (χ3v) is 5.72. The lowest BCUT2D eigenvalue weighted by Crippen LogP contribution is -2.34. The van der Waals surface area contributed by atoms with Gasteiger partial charge in [0.25, 0.3) is 5.88 Å². The molecular formula is C16H20ClFN4OS. The Kier molecular flexibility index (Phi) is 5.32. The monoisotopic (exact) mass is 370 g/mol. The first kappa shape index (κ1) is 17.5. The molecule has 0 saturated carbocycles. The Hall–Kier alpha value is -1.31. The lowest BCUT2D eigenvalue weighted by molar-refractivity contribution is 0.128. The van der Waals surface area contributed by atoms with Gasteiger partial charge in [-0.2, -0.15) is 5.10 Å². The Morgan fingerprint density at radius 2 is 2.04 bits per heavy atom. The molecular weight excluding hydrogens is 351 g/mol. The third-order valence-electron chi connectivity index (χ3n) is 4.12. The fourth-order valence-electron chi connectivity index (χ4n) is 2.70. The van der Waals surface area contributed by atoms with E-state index in [2.05, 4.69) is 21.3 Å². The van der Waals surface area contributed by atoms with Crippen LogP contribution in [0.2, 0.25) is 5.02 Å². The first-order valence-corrected chi connectivity index (χ1v) is 9.00. The number of aromatic nitrogens is 3. The van der Waals surface area contributed by atoms with Crippen molar-refractivity contribution in [3.63, 3.8) is 0 Å². The van der Waals surface area contributed by atoms with E-state index in [0.717, 1.165) is 31.6 Å². The molecule has 3 rings (SSSR count). The summed E-state index contributed by atoms with van der Waals surface area (Å²) in [6.45, 7) is 5.85. The summed E-state index contributed by atoms with van der Waals surface area (Å²) < 4.78 is 23.7. The van der Waals surface area contributed by atoms with Crippen molar-refractivity contribution in [1.29, 1.82) is 0 Å². The van der Waals surface area contributed by atoms with Crippen molar-refractivity contribution < 1.29 is 9.13 Å². The molecule has 1 aliphatic heterocycles. The number of hydrogen-bond acceptors (Lipinski definition) is 5. The average Bonchev–Trinajstić information content (AvgIpc) is 2.78. The quantitative estimate of drug-likeness (QED) is 0.766. The van der Waals surface area contributed by atoms with E-state index in [1.165, 1.54) is 22.9 Å². The number of nitrogens with zero attached hydrogens (tertiary/aromatic N) is 4. The predicted molar refractivity (Wildman–Crippen MR) is 93.0 cm³/mol. The predicted octanol–water partition coefficient (Wildman–Crippen LogP) is 3.77. The molecule has 24 heavy (non-hydrogen) atoms. The van der Waals surface area contributed by atoms with Gasteiger partial charge in [0, 0.05) is 26.3 Å². The second-order valence-electron chi connectivity index (χ2n) is 5.90. The van der Waals surface area contributed by atoms with Crippen molar-refractivity contribution in [3.8, 4) is 5.88 Å². The maximum absolute atomic E-state index is 13.8. The Morgan fingerprint density at radius 1 is 1.33 bits per heavy atom. The number of hydrogen-bond donors (Lipinski definition) is 0. The van der Waals surface area contributed by atoms with E-state index in [1.54, 1.807) is 11.9 Å². The molecule has 0 spiro atoms. The van der Waals surface area contributed by atoms with Gasteiger partial charge < -0.3 is 4.74 Å². The van der Waals surface area contributed by atoms with Crippen molar-refractivity contribution in [1.82, 2.24) is 19.1 Å². The second kappa shape index (κ2) is 7.29. The first-order chi connectivity index (χ1) is 11.4. The summed E-state index contributed by atoms with van der Waals surface area (Å²) in [5.74, 6) is -0.481. The summed E-state index contributed by atoms with van der Waals surface area (Å²) in [5, 5.41) is 4.72. The van der Waals surface area contributed by atoms with Gasteiger partial charge in [0.1, 0.15) is 6.10 Å². The minimum atomic E-state index is -0.513. The highest BCUT2D eigenvalue weighted by molar-refractivity contribution is 7.97. The van der Waals surface area contributed by atoms with Gasteiger partial charge in [0.15, 0.2) is 5.82 Å². The molecule has 1 saturated heterocycles. The number of piperidine rings is 1. The minimum Gasteiger partial charge on any atom is -0.472 e. The summed E-state index contributed by atoms with van der Waals surface area (Å²) in [5.41, 5.74) is 2.22. The van der Waals surface area contributed by atoms with Gasteiger partial charge in [-0.05, 0) is 44.7 Å². The minimum absolute atomic E-state index is 0.0267. The Bertz CT molecular complexity index is 731. The van der Waals surface area contributed by atoms with Crippen LogP contribution in [0.25, 0.3) is 0 Å². The van der Waals surface area contributed by atoms with Crippen molar-refractivity contribution >= 4 is 23.5 Å². The highest BCUT2D eigenvalue weighted by Gasteiger charge is 2.24. The van der Waals surface area contributed by atoms with Crippen molar-refractivity contribution in [2.75, 3.05) is 13.1 Å². The van der Waals surface area contributed by atoms with Crippen LogP contribution in [0.15, 0.2) is 17.2 Å². The van der Waals surface area contributed by atoms with Crippen LogP contribution in [0.4, 0.5) is 4.39 Å². The standard InChI is InChI=1S/C16H20ClFN4OS/c1-10-15(11(2)21(3)20-10)24-22-6-4-13(5-7-22)23-16-14(18)8-12(17)9-19-16/h8-9,13H,4-7H2,1-3H3. The highest BCUT2D eigenvalue weighted by Crippen LogP contribution is 2.32. The molecule has 130 valence electrons. The zero-order valence-electron chi connectivity index (χ0n) is 13.9. The third kappa shape index (κ3) is 3.84. The fourth-order valence-corrected chi connectivity index (χ4v) is 3.94. The van der Waals surface area contributed by atoms with Crippen LogP contribution in [-0.4, -0.2) is 38.3 Å².